The van der Waals surface area contributed by atoms with Crippen LogP contribution in [0.25, 0.3) is 0 Å². The Kier molecular flexibility index (Phi) is 7.25. The summed E-state index contributed by atoms with van der Waals surface area (Å²) in [5.41, 5.74) is 0. The molecular formula is C16H34N2. The predicted octanol–water partition coefficient (Wildman–Crippen LogP) is 3.52. The van der Waals surface area contributed by atoms with E-state index in [9.17, 15) is 0 Å². The van der Waals surface area contributed by atoms with Gasteiger partial charge in [-0.25, -0.2) is 0 Å². The van der Waals surface area contributed by atoms with Crippen molar-refractivity contribution in [3.63, 3.8) is 0 Å². The van der Waals surface area contributed by atoms with E-state index in [-0.39, 0.29) is 0 Å². The molecule has 2 heteroatoms. The van der Waals surface area contributed by atoms with Gasteiger partial charge in [0.05, 0.1) is 0 Å². The van der Waals surface area contributed by atoms with Crippen LogP contribution in [0.3, 0.4) is 0 Å². The molecular weight excluding hydrogens is 220 g/mol. The van der Waals surface area contributed by atoms with Crippen molar-refractivity contribution in [1.82, 2.24) is 10.2 Å². The zero-order valence-corrected chi connectivity index (χ0v) is 13.2. The van der Waals surface area contributed by atoms with E-state index in [0.29, 0.717) is 0 Å². The van der Waals surface area contributed by atoms with Gasteiger partial charge in [0.15, 0.2) is 0 Å². The first-order valence-electron chi connectivity index (χ1n) is 8.01. The molecule has 1 saturated heterocycles. The van der Waals surface area contributed by atoms with Gasteiger partial charge in [-0.15, -0.1) is 0 Å². The summed E-state index contributed by atoms with van der Waals surface area (Å²) in [6, 6.07) is 1.57. The number of rotatable bonds is 8. The van der Waals surface area contributed by atoms with E-state index >= 15 is 0 Å². The van der Waals surface area contributed by atoms with Crippen molar-refractivity contribution in [2.45, 2.75) is 72.4 Å². The summed E-state index contributed by atoms with van der Waals surface area (Å²) in [4.78, 5) is 2.82. The zero-order chi connectivity index (χ0) is 13.5. The SMILES string of the molecule is CCCN(C1CCNC1)C(CC(C)C)CC(C)C. The van der Waals surface area contributed by atoms with Crippen LogP contribution in [0.15, 0.2) is 0 Å². The molecule has 2 nitrogen and oxygen atoms in total. The molecule has 0 amide bonds. The Bertz CT molecular complexity index is 197. The molecule has 0 spiro atoms. The molecule has 1 fully saturated rings. The van der Waals surface area contributed by atoms with Crippen LogP contribution in [0.2, 0.25) is 0 Å². The van der Waals surface area contributed by atoms with E-state index in [2.05, 4.69) is 44.8 Å². The third kappa shape index (κ3) is 5.27. The lowest BCUT2D eigenvalue weighted by atomic mass is 9.93. The van der Waals surface area contributed by atoms with Crippen LogP contribution in [-0.2, 0) is 0 Å². The minimum Gasteiger partial charge on any atom is -0.315 e. The summed E-state index contributed by atoms with van der Waals surface area (Å²) in [6.07, 6.45) is 5.33. The molecule has 18 heavy (non-hydrogen) atoms. The van der Waals surface area contributed by atoms with Gasteiger partial charge in [-0.1, -0.05) is 34.6 Å². The maximum Gasteiger partial charge on any atom is 0.0235 e. The van der Waals surface area contributed by atoms with Crippen LogP contribution in [0.5, 0.6) is 0 Å². The Morgan fingerprint density at radius 3 is 2.11 bits per heavy atom. The zero-order valence-electron chi connectivity index (χ0n) is 13.2. The van der Waals surface area contributed by atoms with Crippen LogP contribution in [-0.4, -0.2) is 36.6 Å². The summed E-state index contributed by atoms with van der Waals surface area (Å²) in [5, 5.41) is 3.53. The van der Waals surface area contributed by atoms with Crippen molar-refractivity contribution in [2.24, 2.45) is 11.8 Å². The molecule has 0 saturated carbocycles. The van der Waals surface area contributed by atoms with Crippen molar-refractivity contribution in [3.8, 4) is 0 Å². The predicted molar refractivity (Wildman–Crippen MR) is 81.0 cm³/mol. The minimum absolute atomic E-state index is 0.785. The molecule has 1 N–H and O–H groups in total. The summed E-state index contributed by atoms with van der Waals surface area (Å²) >= 11 is 0. The van der Waals surface area contributed by atoms with E-state index in [1.165, 1.54) is 45.3 Å². The molecule has 1 rings (SSSR count). The highest BCUT2D eigenvalue weighted by atomic mass is 15.2. The molecule has 0 aromatic heterocycles. The second kappa shape index (κ2) is 8.16. The van der Waals surface area contributed by atoms with Crippen LogP contribution < -0.4 is 5.32 Å². The largest absolute Gasteiger partial charge is 0.315 e. The first-order valence-corrected chi connectivity index (χ1v) is 8.01. The standard InChI is InChI=1S/C16H34N2/c1-6-9-18(15-7-8-17-12-15)16(10-13(2)3)11-14(4)5/h13-17H,6-12H2,1-5H3. The van der Waals surface area contributed by atoms with Crippen LogP contribution in [0.1, 0.15) is 60.3 Å². The lowest BCUT2D eigenvalue weighted by Gasteiger charge is -2.38. The average molecular weight is 254 g/mol. The highest BCUT2D eigenvalue weighted by Crippen LogP contribution is 2.23. The Morgan fingerprint density at radius 1 is 1.11 bits per heavy atom. The van der Waals surface area contributed by atoms with E-state index < -0.39 is 0 Å². The fourth-order valence-corrected chi connectivity index (χ4v) is 3.30. The molecule has 1 aliphatic rings. The molecule has 1 atom stereocenters. The maximum absolute atomic E-state index is 3.53. The van der Waals surface area contributed by atoms with Crippen LogP contribution in [0.4, 0.5) is 0 Å². The number of nitrogens with one attached hydrogen (secondary N) is 1. The van der Waals surface area contributed by atoms with Crippen molar-refractivity contribution >= 4 is 0 Å². The molecule has 1 heterocycles. The van der Waals surface area contributed by atoms with Crippen LogP contribution >= 0.6 is 0 Å². The van der Waals surface area contributed by atoms with Gasteiger partial charge in [-0.3, -0.25) is 4.90 Å². The Morgan fingerprint density at radius 2 is 1.72 bits per heavy atom. The maximum atomic E-state index is 3.53. The Labute approximate surface area is 115 Å². The smallest absolute Gasteiger partial charge is 0.0235 e. The number of nitrogens with zero attached hydrogens (tertiary/aromatic N) is 1. The van der Waals surface area contributed by atoms with Crippen molar-refractivity contribution in [3.05, 3.63) is 0 Å². The first kappa shape index (κ1) is 16.0. The van der Waals surface area contributed by atoms with Gasteiger partial charge >= 0.3 is 0 Å². The third-order valence-electron chi connectivity index (χ3n) is 3.94. The molecule has 0 bridgehead atoms. The van der Waals surface area contributed by atoms with Gasteiger partial charge in [0.2, 0.25) is 0 Å². The number of hydrogen-bond donors (Lipinski definition) is 1. The quantitative estimate of drug-likeness (QED) is 0.713. The minimum atomic E-state index is 0.785. The monoisotopic (exact) mass is 254 g/mol. The van der Waals surface area contributed by atoms with Crippen LogP contribution in [0, 0.1) is 11.8 Å². The summed E-state index contributed by atoms with van der Waals surface area (Å²) in [5.74, 6) is 1.62. The topological polar surface area (TPSA) is 15.3 Å². The molecule has 0 radical (unpaired) electrons. The van der Waals surface area contributed by atoms with Crippen molar-refractivity contribution in [2.75, 3.05) is 19.6 Å². The molecule has 1 unspecified atom stereocenters. The lowest BCUT2D eigenvalue weighted by molar-refractivity contribution is 0.109. The average Bonchev–Trinajstić information content (AvgIpc) is 2.76. The Hall–Kier alpha value is -0.0800. The Balaban J connectivity index is 2.67. The van der Waals surface area contributed by atoms with E-state index in [4.69, 9.17) is 0 Å². The highest BCUT2D eigenvalue weighted by molar-refractivity contribution is 4.86. The highest BCUT2D eigenvalue weighted by Gasteiger charge is 2.28. The first-order chi connectivity index (χ1) is 8.54. The second-order valence-corrected chi connectivity index (χ2v) is 6.80. The van der Waals surface area contributed by atoms with Gasteiger partial charge in [0.25, 0.3) is 0 Å². The van der Waals surface area contributed by atoms with Gasteiger partial charge < -0.3 is 5.32 Å². The van der Waals surface area contributed by atoms with Gasteiger partial charge in [0, 0.05) is 18.6 Å². The fraction of sp³-hybridized carbons (Fsp3) is 1.00. The van der Waals surface area contributed by atoms with Gasteiger partial charge in [0.1, 0.15) is 0 Å². The molecule has 1 aliphatic heterocycles. The van der Waals surface area contributed by atoms with E-state index in [0.717, 1.165) is 23.9 Å². The molecule has 108 valence electrons. The second-order valence-electron chi connectivity index (χ2n) is 6.80. The van der Waals surface area contributed by atoms with E-state index in [1.54, 1.807) is 0 Å². The van der Waals surface area contributed by atoms with E-state index in [1.807, 2.05) is 0 Å². The fourth-order valence-electron chi connectivity index (χ4n) is 3.30. The lowest BCUT2D eigenvalue weighted by Crippen LogP contribution is -2.46. The third-order valence-corrected chi connectivity index (χ3v) is 3.94. The van der Waals surface area contributed by atoms with Gasteiger partial charge in [-0.2, -0.15) is 0 Å². The van der Waals surface area contributed by atoms with Crippen molar-refractivity contribution < 1.29 is 0 Å². The molecule has 0 aromatic carbocycles. The summed E-state index contributed by atoms with van der Waals surface area (Å²) in [7, 11) is 0. The normalized spacial score (nSPS) is 20.8. The molecule has 0 aliphatic carbocycles. The van der Waals surface area contributed by atoms with Gasteiger partial charge in [-0.05, 0) is 50.6 Å². The summed E-state index contributed by atoms with van der Waals surface area (Å²) in [6.45, 7) is 15.5. The van der Waals surface area contributed by atoms with Crippen molar-refractivity contribution in [1.29, 1.82) is 0 Å². The molecule has 0 aromatic rings. The summed E-state index contributed by atoms with van der Waals surface area (Å²) < 4.78 is 0. The number of hydrogen-bond acceptors (Lipinski definition) is 2.